The van der Waals surface area contributed by atoms with Gasteiger partial charge in [0, 0.05) is 44.5 Å². The van der Waals surface area contributed by atoms with Gasteiger partial charge in [0.05, 0.1) is 23.7 Å². The van der Waals surface area contributed by atoms with E-state index in [-0.39, 0.29) is 5.91 Å². The van der Waals surface area contributed by atoms with Gasteiger partial charge in [0.1, 0.15) is 0 Å². The Balaban J connectivity index is 1.33. The molecule has 8 heteroatoms. The molecule has 0 unspecified atom stereocenters. The van der Waals surface area contributed by atoms with Crippen molar-refractivity contribution in [2.45, 2.75) is 51.5 Å². The molecule has 2 aromatic rings. The minimum absolute atomic E-state index is 0.0263. The molecule has 0 aromatic carbocycles. The topological polar surface area (TPSA) is 93.2 Å². The number of nitrogens with two attached hydrogens (primary N) is 1. The summed E-state index contributed by atoms with van der Waals surface area (Å²) in [6, 6.07) is 0.347. The predicted octanol–water partition coefficient (Wildman–Crippen LogP) is 3.34. The number of fused-ring (bicyclic) bond motifs is 2. The summed E-state index contributed by atoms with van der Waals surface area (Å²) >= 11 is 0. The van der Waals surface area contributed by atoms with Gasteiger partial charge in [-0.05, 0) is 61.3 Å². The summed E-state index contributed by atoms with van der Waals surface area (Å²) in [5.74, 6) is 0.724. The van der Waals surface area contributed by atoms with Gasteiger partial charge in [-0.1, -0.05) is 6.08 Å². The molecule has 170 valence electrons. The monoisotopic (exact) mass is 443 g/mol. The third-order valence-electron chi connectivity index (χ3n) is 7.37. The molecule has 0 spiro atoms. The maximum Gasteiger partial charge on any atom is 0.257 e. The molecule has 8 nitrogen and oxygen atoms in total. The van der Waals surface area contributed by atoms with E-state index in [9.17, 15) is 4.79 Å². The number of allylic oxidation sites excluding steroid dienone is 5. The maximum absolute atomic E-state index is 12.7. The Bertz CT molecular complexity index is 1250. The lowest BCUT2D eigenvalue weighted by Gasteiger charge is -2.33. The SMILES string of the molecule is CC1=C2CCN3CCCC3=C2CC(c2cnc(N)c(-n3cc(C(=O)N(C)C4CC4)cn3)n2)=C1. The molecule has 2 aromatic heterocycles. The molecule has 0 radical (unpaired) electrons. The van der Waals surface area contributed by atoms with Crippen molar-refractivity contribution in [1.82, 2.24) is 29.5 Å². The van der Waals surface area contributed by atoms with E-state index in [1.54, 1.807) is 28.2 Å². The van der Waals surface area contributed by atoms with Crippen LogP contribution in [0.2, 0.25) is 0 Å². The number of carbonyl (C=O) groups is 1. The van der Waals surface area contributed by atoms with Gasteiger partial charge < -0.3 is 15.5 Å². The molecule has 2 N–H and O–H groups in total. The zero-order chi connectivity index (χ0) is 22.7. The lowest BCUT2D eigenvalue weighted by molar-refractivity contribution is 0.0785. The molecule has 33 heavy (non-hydrogen) atoms. The third kappa shape index (κ3) is 3.44. The summed E-state index contributed by atoms with van der Waals surface area (Å²) in [6.07, 6.45) is 13.8. The van der Waals surface area contributed by atoms with Gasteiger partial charge in [0.15, 0.2) is 11.6 Å². The van der Waals surface area contributed by atoms with Crippen LogP contribution in [0.3, 0.4) is 0 Å². The zero-order valence-corrected chi connectivity index (χ0v) is 19.2. The molecule has 1 saturated carbocycles. The largest absolute Gasteiger partial charge is 0.381 e. The second-order valence-corrected chi connectivity index (χ2v) is 9.56. The van der Waals surface area contributed by atoms with Gasteiger partial charge >= 0.3 is 0 Å². The molecule has 2 aliphatic heterocycles. The van der Waals surface area contributed by atoms with Gasteiger partial charge in [0.2, 0.25) is 0 Å². The summed E-state index contributed by atoms with van der Waals surface area (Å²) in [7, 11) is 1.85. The first-order valence-electron chi connectivity index (χ1n) is 11.8. The minimum atomic E-state index is -0.0263. The van der Waals surface area contributed by atoms with Crippen molar-refractivity contribution in [2.24, 2.45) is 0 Å². The van der Waals surface area contributed by atoms with Crippen LogP contribution in [0, 0.1) is 0 Å². The van der Waals surface area contributed by atoms with Crippen LogP contribution in [-0.4, -0.2) is 61.6 Å². The van der Waals surface area contributed by atoms with Gasteiger partial charge in [-0.3, -0.25) is 4.79 Å². The number of amides is 1. The molecular formula is C25H29N7O. The van der Waals surface area contributed by atoms with Gasteiger partial charge in [-0.15, -0.1) is 0 Å². The smallest absolute Gasteiger partial charge is 0.257 e. The first-order chi connectivity index (χ1) is 16.0. The molecular weight excluding hydrogens is 414 g/mol. The van der Waals surface area contributed by atoms with Crippen LogP contribution in [0.15, 0.2) is 47.1 Å². The van der Waals surface area contributed by atoms with Crippen molar-refractivity contribution in [3.05, 3.63) is 58.3 Å². The highest BCUT2D eigenvalue weighted by Crippen LogP contribution is 2.43. The Hall–Kier alpha value is -3.42. The zero-order valence-electron chi connectivity index (χ0n) is 19.2. The lowest BCUT2D eigenvalue weighted by atomic mass is 9.82. The van der Waals surface area contributed by atoms with E-state index in [0.29, 0.717) is 23.2 Å². The number of rotatable bonds is 4. The number of anilines is 1. The summed E-state index contributed by atoms with van der Waals surface area (Å²) in [6.45, 7) is 4.51. The Kier molecular flexibility index (Phi) is 4.64. The molecule has 0 atom stereocenters. The molecule has 1 saturated heterocycles. The Labute approximate surface area is 193 Å². The van der Waals surface area contributed by atoms with Crippen LogP contribution >= 0.6 is 0 Å². The average Bonchev–Trinajstić information content (AvgIpc) is 3.35. The summed E-state index contributed by atoms with van der Waals surface area (Å²) < 4.78 is 1.57. The van der Waals surface area contributed by atoms with Gasteiger partial charge in [0.25, 0.3) is 5.91 Å². The van der Waals surface area contributed by atoms with Crippen LogP contribution in [0.1, 0.15) is 61.5 Å². The highest BCUT2D eigenvalue weighted by molar-refractivity contribution is 5.94. The predicted molar refractivity (Wildman–Crippen MR) is 126 cm³/mol. The van der Waals surface area contributed by atoms with E-state index in [4.69, 9.17) is 10.7 Å². The van der Waals surface area contributed by atoms with Crippen molar-refractivity contribution >= 4 is 17.3 Å². The molecule has 4 aliphatic rings. The molecule has 2 aliphatic carbocycles. The second kappa shape index (κ2) is 7.57. The summed E-state index contributed by atoms with van der Waals surface area (Å²) in [5, 5.41) is 4.38. The van der Waals surface area contributed by atoms with Crippen LogP contribution < -0.4 is 5.73 Å². The fourth-order valence-electron chi connectivity index (χ4n) is 5.38. The highest BCUT2D eigenvalue weighted by Gasteiger charge is 2.32. The standard InChI is InChI=1S/C25H29N7O/c1-15-10-16(11-20-19(15)7-9-31-8-3-4-22(20)31)21-13-27-23(26)24(29-21)32-14-17(12-28-32)25(33)30(2)18-5-6-18/h10,12-14,18H,3-9,11H2,1-2H3,(H2,26,27). The highest BCUT2D eigenvalue weighted by atomic mass is 16.2. The van der Waals surface area contributed by atoms with Gasteiger partial charge in [-0.2, -0.15) is 5.10 Å². The van der Waals surface area contributed by atoms with Crippen molar-refractivity contribution < 1.29 is 4.79 Å². The summed E-state index contributed by atoms with van der Waals surface area (Å²) in [5.41, 5.74) is 14.5. The molecule has 6 rings (SSSR count). The van der Waals surface area contributed by atoms with E-state index < -0.39 is 0 Å². The minimum Gasteiger partial charge on any atom is -0.381 e. The number of carbonyl (C=O) groups excluding carboxylic acids is 1. The van der Waals surface area contributed by atoms with Crippen molar-refractivity contribution in [1.29, 1.82) is 0 Å². The van der Waals surface area contributed by atoms with Crippen LogP contribution in [0.4, 0.5) is 5.82 Å². The van der Waals surface area contributed by atoms with Gasteiger partial charge in [-0.25, -0.2) is 14.6 Å². The second-order valence-electron chi connectivity index (χ2n) is 9.56. The average molecular weight is 444 g/mol. The number of hydrogen-bond acceptors (Lipinski definition) is 6. The van der Waals surface area contributed by atoms with Crippen molar-refractivity contribution in [2.75, 3.05) is 25.9 Å². The van der Waals surface area contributed by atoms with Crippen LogP contribution in [0.5, 0.6) is 0 Å². The molecule has 1 amide bonds. The van der Waals surface area contributed by atoms with Crippen molar-refractivity contribution in [3.63, 3.8) is 0 Å². The van der Waals surface area contributed by atoms with E-state index in [2.05, 4.69) is 28.0 Å². The Morgan fingerprint density at radius 3 is 2.85 bits per heavy atom. The van der Waals surface area contributed by atoms with E-state index >= 15 is 0 Å². The van der Waals surface area contributed by atoms with Crippen molar-refractivity contribution in [3.8, 4) is 5.82 Å². The normalized spacial score (nSPS) is 20.1. The third-order valence-corrected chi connectivity index (χ3v) is 7.37. The first kappa shape index (κ1) is 20.2. The van der Waals surface area contributed by atoms with Crippen LogP contribution in [-0.2, 0) is 0 Å². The number of nitrogen functional groups attached to an aromatic ring is 1. The quantitative estimate of drug-likeness (QED) is 0.779. The summed E-state index contributed by atoms with van der Waals surface area (Å²) in [4.78, 5) is 26.3. The number of aromatic nitrogens is 4. The van der Waals surface area contributed by atoms with E-state index in [1.165, 1.54) is 35.4 Å². The van der Waals surface area contributed by atoms with E-state index in [0.717, 1.165) is 49.9 Å². The maximum atomic E-state index is 12.7. The Morgan fingerprint density at radius 1 is 1.18 bits per heavy atom. The fourth-order valence-corrected chi connectivity index (χ4v) is 5.38. The van der Waals surface area contributed by atoms with Crippen LogP contribution in [0.25, 0.3) is 11.4 Å². The molecule has 2 fully saturated rings. The lowest BCUT2D eigenvalue weighted by Crippen LogP contribution is -2.28. The Morgan fingerprint density at radius 2 is 2.03 bits per heavy atom. The molecule has 0 bridgehead atoms. The fraction of sp³-hybridized carbons (Fsp3) is 0.440. The van der Waals surface area contributed by atoms with E-state index in [1.807, 2.05) is 7.05 Å². The molecule has 4 heterocycles. The number of nitrogens with zero attached hydrogens (tertiary/aromatic N) is 6. The number of hydrogen-bond donors (Lipinski definition) is 1. The first-order valence-corrected chi connectivity index (χ1v) is 11.8.